The Bertz CT molecular complexity index is 669. The number of carbonyl (C=O) groups is 2. The molecule has 0 aliphatic heterocycles. The maximum atomic E-state index is 12.2. The maximum Gasteiger partial charge on any atom is 0.255 e. The van der Waals surface area contributed by atoms with E-state index in [0.29, 0.717) is 28.9 Å². The highest BCUT2D eigenvalue weighted by Gasteiger charge is 2.11. The van der Waals surface area contributed by atoms with Gasteiger partial charge in [-0.2, -0.15) is 0 Å². The highest BCUT2D eigenvalue weighted by molar-refractivity contribution is 6.05. The van der Waals surface area contributed by atoms with Gasteiger partial charge in [0.25, 0.3) is 5.91 Å². The molecule has 2 aromatic rings. The summed E-state index contributed by atoms with van der Waals surface area (Å²) in [7, 11) is 0. The van der Waals surface area contributed by atoms with Crippen molar-refractivity contribution in [3.63, 3.8) is 0 Å². The second kappa shape index (κ2) is 7.38. The summed E-state index contributed by atoms with van der Waals surface area (Å²) in [5, 5.41) is 14.8. The SMILES string of the molecule is CCC(=O)Nc1cc(C(=O)Nc2ccccc2)ccc1CO. The summed E-state index contributed by atoms with van der Waals surface area (Å²) in [6.45, 7) is 1.53. The summed E-state index contributed by atoms with van der Waals surface area (Å²) in [6, 6.07) is 13.9. The molecule has 0 spiro atoms. The van der Waals surface area contributed by atoms with Crippen LogP contribution in [0.3, 0.4) is 0 Å². The van der Waals surface area contributed by atoms with Crippen molar-refractivity contribution in [1.29, 1.82) is 0 Å². The van der Waals surface area contributed by atoms with Gasteiger partial charge in [0.05, 0.1) is 6.61 Å². The van der Waals surface area contributed by atoms with Crippen molar-refractivity contribution in [2.75, 3.05) is 10.6 Å². The number of nitrogens with one attached hydrogen (secondary N) is 2. The Hall–Kier alpha value is -2.66. The van der Waals surface area contributed by atoms with Crippen LogP contribution in [-0.2, 0) is 11.4 Å². The number of aliphatic hydroxyl groups excluding tert-OH is 1. The molecule has 0 saturated heterocycles. The molecule has 2 rings (SSSR count). The standard InChI is InChI=1S/C17H18N2O3/c1-2-16(21)19-15-10-12(8-9-13(15)11-20)17(22)18-14-6-4-3-5-7-14/h3-10,20H,2,11H2,1H3,(H,18,22)(H,19,21). The molecule has 0 radical (unpaired) electrons. The Morgan fingerprint density at radius 2 is 1.77 bits per heavy atom. The molecule has 5 nitrogen and oxygen atoms in total. The van der Waals surface area contributed by atoms with Crippen LogP contribution in [0.2, 0.25) is 0 Å². The largest absolute Gasteiger partial charge is 0.392 e. The topological polar surface area (TPSA) is 78.4 Å². The first-order chi connectivity index (χ1) is 10.6. The van der Waals surface area contributed by atoms with Crippen LogP contribution in [-0.4, -0.2) is 16.9 Å². The van der Waals surface area contributed by atoms with Crippen LogP contribution in [0, 0.1) is 0 Å². The summed E-state index contributed by atoms with van der Waals surface area (Å²) < 4.78 is 0. The Morgan fingerprint density at radius 3 is 2.41 bits per heavy atom. The Labute approximate surface area is 129 Å². The van der Waals surface area contributed by atoms with Gasteiger partial charge in [-0.1, -0.05) is 31.2 Å². The minimum absolute atomic E-state index is 0.171. The van der Waals surface area contributed by atoms with Gasteiger partial charge in [-0.15, -0.1) is 0 Å². The molecule has 0 aromatic heterocycles. The fourth-order valence-corrected chi connectivity index (χ4v) is 1.94. The highest BCUT2D eigenvalue weighted by atomic mass is 16.3. The zero-order valence-electron chi connectivity index (χ0n) is 12.3. The number of amides is 2. The number of rotatable bonds is 5. The van der Waals surface area contributed by atoms with E-state index in [1.807, 2.05) is 18.2 Å². The number of para-hydroxylation sites is 1. The van der Waals surface area contributed by atoms with Crippen LogP contribution >= 0.6 is 0 Å². The first-order valence-electron chi connectivity index (χ1n) is 7.04. The van der Waals surface area contributed by atoms with E-state index >= 15 is 0 Å². The Morgan fingerprint density at radius 1 is 1.05 bits per heavy atom. The number of hydrogen-bond acceptors (Lipinski definition) is 3. The number of aliphatic hydroxyl groups is 1. The van der Waals surface area contributed by atoms with Crippen molar-refractivity contribution in [2.45, 2.75) is 20.0 Å². The third-order valence-electron chi connectivity index (χ3n) is 3.17. The predicted molar refractivity (Wildman–Crippen MR) is 85.7 cm³/mol. The fourth-order valence-electron chi connectivity index (χ4n) is 1.94. The van der Waals surface area contributed by atoms with Crippen molar-refractivity contribution >= 4 is 23.2 Å². The van der Waals surface area contributed by atoms with E-state index in [-0.39, 0.29) is 18.4 Å². The van der Waals surface area contributed by atoms with Crippen molar-refractivity contribution in [1.82, 2.24) is 0 Å². The lowest BCUT2D eigenvalue weighted by Crippen LogP contribution is -2.15. The van der Waals surface area contributed by atoms with E-state index in [9.17, 15) is 14.7 Å². The lowest BCUT2D eigenvalue weighted by atomic mass is 10.1. The number of anilines is 2. The van der Waals surface area contributed by atoms with E-state index in [4.69, 9.17) is 0 Å². The van der Waals surface area contributed by atoms with Gasteiger partial charge >= 0.3 is 0 Å². The first kappa shape index (κ1) is 15.7. The van der Waals surface area contributed by atoms with Crippen LogP contribution in [0.4, 0.5) is 11.4 Å². The molecule has 0 aliphatic rings. The summed E-state index contributed by atoms with van der Waals surface area (Å²) >= 11 is 0. The van der Waals surface area contributed by atoms with Crippen molar-refractivity contribution in [2.24, 2.45) is 0 Å². The normalized spacial score (nSPS) is 10.1. The molecule has 2 aromatic carbocycles. The number of benzene rings is 2. The lowest BCUT2D eigenvalue weighted by molar-refractivity contribution is -0.115. The van der Waals surface area contributed by atoms with Crippen LogP contribution in [0.25, 0.3) is 0 Å². The molecule has 0 aliphatic carbocycles. The van der Waals surface area contributed by atoms with Crippen molar-refractivity contribution in [3.05, 3.63) is 59.7 Å². The minimum atomic E-state index is -0.275. The maximum absolute atomic E-state index is 12.2. The summed E-state index contributed by atoms with van der Waals surface area (Å²) in [4.78, 5) is 23.8. The molecule has 0 bridgehead atoms. The van der Waals surface area contributed by atoms with E-state index < -0.39 is 0 Å². The fraction of sp³-hybridized carbons (Fsp3) is 0.176. The molecule has 0 saturated carbocycles. The average Bonchev–Trinajstić information content (AvgIpc) is 2.55. The summed E-state index contributed by atoms with van der Waals surface area (Å²) in [6.07, 6.45) is 0.325. The third kappa shape index (κ3) is 3.93. The van der Waals surface area contributed by atoms with Crippen LogP contribution < -0.4 is 10.6 Å². The van der Waals surface area contributed by atoms with Gasteiger partial charge in [0, 0.05) is 28.9 Å². The average molecular weight is 298 g/mol. The molecule has 3 N–H and O–H groups in total. The van der Waals surface area contributed by atoms with Crippen LogP contribution in [0.1, 0.15) is 29.3 Å². The van der Waals surface area contributed by atoms with Crippen LogP contribution in [0.15, 0.2) is 48.5 Å². The Kier molecular flexibility index (Phi) is 5.27. The van der Waals surface area contributed by atoms with Gasteiger partial charge in [0.2, 0.25) is 5.91 Å². The molecule has 0 fully saturated rings. The summed E-state index contributed by atoms with van der Waals surface area (Å²) in [5.41, 5.74) is 2.12. The molecule has 22 heavy (non-hydrogen) atoms. The lowest BCUT2D eigenvalue weighted by Gasteiger charge is -2.11. The highest BCUT2D eigenvalue weighted by Crippen LogP contribution is 2.19. The second-order valence-corrected chi connectivity index (χ2v) is 4.75. The molecular weight excluding hydrogens is 280 g/mol. The Balaban J connectivity index is 2.22. The number of carbonyl (C=O) groups excluding carboxylic acids is 2. The van der Waals surface area contributed by atoms with Gasteiger partial charge in [-0.05, 0) is 24.3 Å². The van der Waals surface area contributed by atoms with E-state index in [1.54, 1.807) is 37.3 Å². The predicted octanol–water partition coefficient (Wildman–Crippen LogP) is 2.78. The summed E-state index contributed by atoms with van der Waals surface area (Å²) in [5.74, 6) is -0.446. The molecule has 5 heteroatoms. The molecule has 0 heterocycles. The van der Waals surface area contributed by atoms with Crippen LogP contribution in [0.5, 0.6) is 0 Å². The van der Waals surface area contributed by atoms with Gasteiger partial charge in [-0.3, -0.25) is 9.59 Å². The van der Waals surface area contributed by atoms with E-state index in [0.717, 1.165) is 0 Å². The van der Waals surface area contributed by atoms with Crippen molar-refractivity contribution < 1.29 is 14.7 Å². The quantitative estimate of drug-likeness (QED) is 0.794. The third-order valence-corrected chi connectivity index (χ3v) is 3.17. The monoisotopic (exact) mass is 298 g/mol. The number of hydrogen-bond donors (Lipinski definition) is 3. The van der Waals surface area contributed by atoms with Crippen molar-refractivity contribution in [3.8, 4) is 0 Å². The second-order valence-electron chi connectivity index (χ2n) is 4.75. The van der Waals surface area contributed by atoms with E-state index in [2.05, 4.69) is 10.6 Å². The van der Waals surface area contributed by atoms with E-state index in [1.165, 1.54) is 0 Å². The van der Waals surface area contributed by atoms with Gasteiger partial charge < -0.3 is 15.7 Å². The smallest absolute Gasteiger partial charge is 0.255 e. The molecular formula is C17H18N2O3. The molecule has 114 valence electrons. The zero-order valence-corrected chi connectivity index (χ0v) is 12.3. The van der Waals surface area contributed by atoms with Gasteiger partial charge in [0.15, 0.2) is 0 Å². The van der Waals surface area contributed by atoms with Gasteiger partial charge in [0.1, 0.15) is 0 Å². The molecule has 2 amide bonds. The first-order valence-corrected chi connectivity index (χ1v) is 7.04. The molecule has 0 unspecified atom stereocenters. The zero-order chi connectivity index (χ0) is 15.9. The minimum Gasteiger partial charge on any atom is -0.392 e. The molecule has 0 atom stereocenters. The van der Waals surface area contributed by atoms with Gasteiger partial charge in [-0.25, -0.2) is 0 Å².